The predicted molar refractivity (Wildman–Crippen MR) is 7.13 cm³/mol. The van der Waals surface area contributed by atoms with Crippen LogP contribution >= 0.6 is 0 Å². The van der Waals surface area contributed by atoms with Crippen molar-refractivity contribution in [2.75, 3.05) is 0 Å². The van der Waals surface area contributed by atoms with Crippen LogP contribution in [-0.4, -0.2) is 5.33 Å². The van der Waals surface area contributed by atoms with Crippen LogP contribution in [0.4, 0.5) is 0 Å². The third kappa shape index (κ3) is 2.38. The molecule has 0 radical (unpaired) electrons. The molecule has 0 aliphatic rings. The summed E-state index contributed by atoms with van der Waals surface area (Å²) in [7, 11) is 0. The second-order valence-corrected chi connectivity index (χ2v) is 0.972. The Balaban J connectivity index is 2.73. The summed E-state index contributed by atoms with van der Waals surface area (Å²) in [6.07, 6.45) is 0. The molecule has 0 atom stereocenters. The molecule has 0 rings (SSSR count). The van der Waals surface area contributed by atoms with E-state index in [-0.39, 0.29) is 0 Å². The molecule has 0 aliphatic heterocycles. The van der Waals surface area contributed by atoms with Crippen molar-refractivity contribution in [3.63, 3.8) is 0 Å². The van der Waals surface area contributed by atoms with Gasteiger partial charge in [-0.3, -0.25) is 0 Å². The number of hydrogen-bond donors (Lipinski definition) is 0. The van der Waals surface area contributed by atoms with Crippen LogP contribution in [-0.2, 0) is 26.9 Å². The van der Waals surface area contributed by atoms with Gasteiger partial charge < -0.3 is 0 Å². The van der Waals surface area contributed by atoms with Crippen LogP contribution in [0, 0.1) is 0 Å². The first-order chi connectivity index (χ1) is 1.91. The molecule has 0 aromatic rings. The number of hydrogen-bond acceptors (Lipinski definition) is 2. The Morgan fingerprint density at radius 3 is 2.00 bits per heavy atom. The second kappa shape index (κ2) is 3.38. The first-order valence-electron chi connectivity index (χ1n) is 0.729. The van der Waals surface area contributed by atoms with E-state index >= 15 is 0 Å². The standard InChI is InChI=1S/BO.O.Ti/c1-2;;/q+1;;-1. The zero-order valence-corrected chi connectivity index (χ0v) is 3.46. The van der Waals surface area contributed by atoms with E-state index in [0.717, 1.165) is 0 Å². The molecule has 0 saturated heterocycles. The average Bonchev–Trinajstić information content (AvgIpc) is 1.37. The summed E-state index contributed by atoms with van der Waals surface area (Å²) in [6, 6.07) is 0. The van der Waals surface area contributed by atoms with Gasteiger partial charge in [-0.15, -0.1) is 0 Å². The second-order valence-electron chi connectivity index (χ2n) is 0.236. The van der Waals surface area contributed by atoms with Gasteiger partial charge in [0.05, 0.1) is 0 Å². The summed E-state index contributed by atoms with van der Waals surface area (Å²) in [5.41, 5.74) is 0. The van der Waals surface area contributed by atoms with Gasteiger partial charge in [-0.25, -0.2) is 0 Å². The molecule has 0 bridgehead atoms. The zero-order chi connectivity index (χ0) is 3.41. The Kier molecular flexibility index (Phi) is 3.70. The van der Waals surface area contributed by atoms with Crippen molar-refractivity contribution in [2.45, 2.75) is 0 Å². The molecule has 2 nitrogen and oxygen atoms in total. The molecule has 19 valence electrons. The summed E-state index contributed by atoms with van der Waals surface area (Å²) in [6.45, 7) is 0. The molecule has 0 fully saturated rings. The molecule has 4 heteroatoms. The summed E-state index contributed by atoms with van der Waals surface area (Å²) < 4.78 is 18.0. The van der Waals surface area contributed by atoms with Gasteiger partial charge in [-0.05, 0) is 0 Å². The fourth-order valence-corrected chi connectivity index (χ4v) is 0. The minimum absolute atomic E-state index is 0.444. The fraction of sp³-hybridized carbons (Fsp3) is 0. The molecule has 4 heavy (non-hydrogen) atoms. The first kappa shape index (κ1) is 4.38. The van der Waals surface area contributed by atoms with Crippen LogP contribution in [0.25, 0.3) is 0 Å². The molecule has 0 amide bonds. The molecule has 0 unspecified atom stereocenters. The minimum atomic E-state index is -1.42. The molecule has 0 N–H and O–H groups in total. The van der Waals surface area contributed by atoms with Crippen molar-refractivity contribution in [3.8, 4) is 0 Å². The van der Waals surface area contributed by atoms with Gasteiger partial charge in [0, 0.05) is 0 Å². The van der Waals surface area contributed by atoms with Crippen LogP contribution in [0.2, 0.25) is 0 Å². The van der Waals surface area contributed by atoms with Crippen molar-refractivity contribution in [3.05, 3.63) is 0 Å². The van der Waals surface area contributed by atoms with Crippen molar-refractivity contribution in [2.24, 2.45) is 0 Å². The monoisotopic (exact) mass is 90.9 g/mol. The van der Waals surface area contributed by atoms with E-state index in [0.29, 0.717) is 5.33 Å². The summed E-state index contributed by atoms with van der Waals surface area (Å²) >= 11 is -1.42. The average molecular weight is 90.7 g/mol. The normalized spacial score (nSPS) is 3.00. The van der Waals surface area contributed by atoms with E-state index in [2.05, 4.69) is 0 Å². The number of rotatable bonds is 1. The van der Waals surface area contributed by atoms with Crippen LogP contribution in [0.15, 0.2) is 0 Å². The van der Waals surface area contributed by atoms with Crippen LogP contribution in [0.3, 0.4) is 0 Å². The SMILES string of the molecule is O=[B][Ti]=[O]. The Morgan fingerprint density at radius 2 is 2.00 bits per heavy atom. The van der Waals surface area contributed by atoms with Gasteiger partial charge in [-0.2, -0.15) is 0 Å². The summed E-state index contributed by atoms with van der Waals surface area (Å²) in [5, 5.41) is 0.444. The Hall–Kier alpha value is 0.379. The van der Waals surface area contributed by atoms with Crippen molar-refractivity contribution < 1.29 is 26.9 Å². The molecule has 0 spiro atoms. The molecule has 0 heterocycles. The summed E-state index contributed by atoms with van der Waals surface area (Å²) in [5.74, 6) is 0. The summed E-state index contributed by atoms with van der Waals surface area (Å²) in [4.78, 5) is 0. The van der Waals surface area contributed by atoms with Gasteiger partial charge in [0.15, 0.2) is 0 Å². The van der Waals surface area contributed by atoms with Gasteiger partial charge in [0.2, 0.25) is 0 Å². The van der Waals surface area contributed by atoms with E-state index in [9.17, 15) is 0 Å². The van der Waals surface area contributed by atoms with Crippen LogP contribution in [0.1, 0.15) is 0 Å². The molecule has 0 saturated carbocycles. The Bertz CT molecular complexity index is 27.0. The molecular formula is BO2Ti. The predicted octanol–water partition coefficient (Wildman–Crippen LogP) is -0.621. The van der Waals surface area contributed by atoms with E-state index in [1.54, 1.807) is 0 Å². The Morgan fingerprint density at radius 1 is 1.75 bits per heavy atom. The quantitative estimate of drug-likeness (QED) is 0.402. The van der Waals surface area contributed by atoms with Crippen LogP contribution in [0.5, 0.6) is 0 Å². The van der Waals surface area contributed by atoms with E-state index < -0.39 is 18.9 Å². The van der Waals surface area contributed by atoms with Crippen molar-refractivity contribution >= 4 is 5.33 Å². The molecule has 0 aromatic heterocycles. The van der Waals surface area contributed by atoms with Crippen LogP contribution < -0.4 is 0 Å². The van der Waals surface area contributed by atoms with E-state index in [1.807, 2.05) is 0 Å². The van der Waals surface area contributed by atoms with Gasteiger partial charge in [0.1, 0.15) is 0 Å². The zero-order valence-electron chi connectivity index (χ0n) is 1.89. The molecule has 0 aliphatic carbocycles. The van der Waals surface area contributed by atoms with Gasteiger partial charge in [0.25, 0.3) is 0 Å². The first-order valence-corrected chi connectivity index (χ1v) is 2.27. The molecular weight excluding hydrogens is 90.7 g/mol. The topological polar surface area (TPSA) is 34.1 Å². The van der Waals surface area contributed by atoms with Gasteiger partial charge >= 0.3 is 32.3 Å². The Labute approximate surface area is 32.8 Å². The van der Waals surface area contributed by atoms with Gasteiger partial charge in [-0.1, -0.05) is 0 Å². The van der Waals surface area contributed by atoms with E-state index in [4.69, 9.17) is 8.03 Å². The maximum atomic E-state index is 9.06. The fourth-order valence-electron chi connectivity index (χ4n) is 0. The molecule has 0 aromatic carbocycles. The van der Waals surface area contributed by atoms with Crippen molar-refractivity contribution in [1.82, 2.24) is 0 Å². The third-order valence-electron chi connectivity index (χ3n) is 0.0481. The van der Waals surface area contributed by atoms with Crippen molar-refractivity contribution in [1.29, 1.82) is 0 Å². The maximum absolute atomic E-state index is 9.06. The third-order valence-corrected chi connectivity index (χ3v) is 0.198. The van der Waals surface area contributed by atoms with E-state index in [1.165, 1.54) is 0 Å².